The average Bonchev–Trinajstić information content (AvgIpc) is 2.05. The summed E-state index contributed by atoms with van der Waals surface area (Å²) in [5.41, 5.74) is 0. The van der Waals surface area contributed by atoms with E-state index in [0.29, 0.717) is 11.5 Å². The first kappa shape index (κ1) is 10.3. The fraction of sp³-hybridized carbons (Fsp3) is 1.00. The van der Waals surface area contributed by atoms with Crippen LogP contribution in [-0.4, -0.2) is 18.1 Å². The minimum Gasteiger partial charge on any atom is -0.378 e. The van der Waals surface area contributed by atoms with Gasteiger partial charge in [0.25, 0.3) is 0 Å². The molecule has 1 fully saturated rings. The lowest BCUT2D eigenvalue weighted by atomic mass is 10.0. The van der Waals surface area contributed by atoms with Crippen LogP contribution in [0.15, 0.2) is 0 Å². The molecule has 72 valence electrons. The van der Waals surface area contributed by atoms with E-state index < -0.39 is 0 Å². The summed E-state index contributed by atoms with van der Waals surface area (Å²) in [6.07, 6.45) is 7.66. The van der Waals surface area contributed by atoms with Crippen molar-refractivity contribution in [2.24, 2.45) is 0 Å². The number of ether oxygens (including phenoxy) is 1. The van der Waals surface area contributed by atoms with Crippen molar-refractivity contribution >= 4 is 11.6 Å². The molecular weight excluding hydrogens is 172 g/mol. The third kappa shape index (κ3) is 3.77. The molecule has 0 aliphatic carbocycles. The van der Waals surface area contributed by atoms with E-state index >= 15 is 0 Å². The molecule has 0 amide bonds. The molecule has 12 heavy (non-hydrogen) atoms. The first-order chi connectivity index (χ1) is 5.83. The van der Waals surface area contributed by atoms with Gasteiger partial charge in [0, 0.05) is 12.0 Å². The van der Waals surface area contributed by atoms with E-state index in [1.807, 2.05) is 0 Å². The van der Waals surface area contributed by atoms with Crippen molar-refractivity contribution in [1.82, 2.24) is 0 Å². The van der Waals surface area contributed by atoms with Crippen molar-refractivity contribution < 1.29 is 4.74 Å². The molecular formula is C10H19ClO. The number of rotatable bonds is 4. The maximum absolute atomic E-state index is 6.04. The zero-order valence-corrected chi connectivity index (χ0v) is 8.65. The van der Waals surface area contributed by atoms with E-state index in [-0.39, 0.29) is 0 Å². The largest absolute Gasteiger partial charge is 0.378 e. The zero-order valence-electron chi connectivity index (χ0n) is 7.89. The van der Waals surface area contributed by atoms with Gasteiger partial charge in [0.1, 0.15) is 0 Å². The number of unbranched alkanes of at least 4 members (excludes halogenated alkanes) is 2. The first-order valence-electron chi connectivity index (χ1n) is 5.08. The smallest absolute Gasteiger partial charge is 0.0589 e. The second kappa shape index (κ2) is 5.82. The monoisotopic (exact) mass is 190 g/mol. The highest BCUT2D eigenvalue weighted by molar-refractivity contribution is 6.20. The Hall–Kier alpha value is 0.250. The third-order valence-corrected chi connectivity index (χ3v) is 2.83. The molecule has 1 aliphatic rings. The summed E-state index contributed by atoms with van der Waals surface area (Å²) in [5, 5.41) is 0.366. The molecule has 0 N–H and O–H groups in total. The fourth-order valence-electron chi connectivity index (χ4n) is 1.66. The normalized spacial score (nSPS) is 30.5. The molecule has 1 nitrogen and oxygen atoms in total. The summed E-state index contributed by atoms with van der Waals surface area (Å²) in [6, 6.07) is 0. The van der Waals surface area contributed by atoms with E-state index in [4.69, 9.17) is 16.3 Å². The van der Waals surface area contributed by atoms with Gasteiger partial charge >= 0.3 is 0 Å². The topological polar surface area (TPSA) is 9.23 Å². The fourth-order valence-corrected chi connectivity index (χ4v) is 1.94. The van der Waals surface area contributed by atoms with Crippen LogP contribution < -0.4 is 0 Å². The van der Waals surface area contributed by atoms with Crippen LogP contribution in [-0.2, 0) is 4.74 Å². The Morgan fingerprint density at radius 2 is 2.25 bits per heavy atom. The molecule has 1 heterocycles. The Morgan fingerprint density at radius 1 is 1.42 bits per heavy atom. The van der Waals surface area contributed by atoms with Gasteiger partial charge in [0.2, 0.25) is 0 Å². The quantitative estimate of drug-likeness (QED) is 0.488. The third-order valence-electron chi connectivity index (χ3n) is 2.43. The van der Waals surface area contributed by atoms with Gasteiger partial charge < -0.3 is 4.74 Å². The summed E-state index contributed by atoms with van der Waals surface area (Å²) < 4.78 is 5.61. The van der Waals surface area contributed by atoms with Gasteiger partial charge in [-0.05, 0) is 19.3 Å². The molecule has 0 aromatic rings. The van der Waals surface area contributed by atoms with Crippen LogP contribution in [0.1, 0.15) is 45.4 Å². The van der Waals surface area contributed by atoms with E-state index in [0.717, 1.165) is 19.4 Å². The van der Waals surface area contributed by atoms with Crippen molar-refractivity contribution in [3.63, 3.8) is 0 Å². The molecule has 0 bridgehead atoms. The average molecular weight is 191 g/mol. The summed E-state index contributed by atoms with van der Waals surface area (Å²) in [5.74, 6) is 0. The summed E-state index contributed by atoms with van der Waals surface area (Å²) in [7, 11) is 0. The lowest BCUT2D eigenvalue weighted by Crippen LogP contribution is -2.25. The summed E-state index contributed by atoms with van der Waals surface area (Å²) in [4.78, 5) is 0. The van der Waals surface area contributed by atoms with Gasteiger partial charge in [-0.1, -0.05) is 26.2 Å². The molecule has 1 aliphatic heterocycles. The van der Waals surface area contributed by atoms with Crippen molar-refractivity contribution in [2.45, 2.75) is 56.9 Å². The van der Waals surface area contributed by atoms with Crippen LogP contribution in [0.3, 0.4) is 0 Å². The van der Waals surface area contributed by atoms with E-state index in [1.165, 1.54) is 25.7 Å². The van der Waals surface area contributed by atoms with Gasteiger partial charge in [0.15, 0.2) is 0 Å². The molecule has 0 aromatic heterocycles. The second-order valence-corrected chi connectivity index (χ2v) is 4.23. The van der Waals surface area contributed by atoms with E-state index in [2.05, 4.69) is 6.92 Å². The van der Waals surface area contributed by atoms with Crippen LogP contribution in [0.4, 0.5) is 0 Å². The minimum absolute atomic E-state index is 0.366. The van der Waals surface area contributed by atoms with E-state index in [9.17, 15) is 0 Å². The Kier molecular flexibility index (Phi) is 5.01. The Bertz CT molecular complexity index is 116. The van der Waals surface area contributed by atoms with Gasteiger partial charge in [0.05, 0.1) is 6.10 Å². The predicted molar refractivity (Wildman–Crippen MR) is 52.8 cm³/mol. The van der Waals surface area contributed by atoms with Gasteiger partial charge in [-0.3, -0.25) is 0 Å². The molecule has 0 aromatic carbocycles. The highest BCUT2D eigenvalue weighted by Crippen LogP contribution is 2.22. The van der Waals surface area contributed by atoms with Gasteiger partial charge in [-0.25, -0.2) is 0 Å². The molecule has 2 heteroatoms. The Morgan fingerprint density at radius 3 is 2.92 bits per heavy atom. The van der Waals surface area contributed by atoms with Crippen molar-refractivity contribution in [1.29, 1.82) is 0 Å². The lowest BCUT2D eigenvalue weighted by Gasteiger charge is -2.25. The van der Waals surface area contributed by atoms with Crippen LogP contribution in [0.2, 0.25) is 0 Å². The second-order valence-electron chi connectivity index (χ2n) is 3.61. The molecule has 0 radical (unpaired) electrons. The number of alkyl halides is 1. The number of halogens is 1. The highest BCUT2D eigenvalue weighted by Gasteiger charge is 2.19. The van der Waals surface area contributed by atoms with Crippen LogP contribution in [0.5, 0.6) is 0 Å². The number of hydrogen-bond donors (Lipinski definition) is 0. The highest BCUT2D eigenvalue weighted by atomic mass is 35.5. The van der Waals surface area contributed by atoms with Crippen molar-refractivity contribution in [3.05, 3.63) is 0 Å². The van der Waals surface area contributed by atoms with Gasteiger partial charge in [-0.15, -0.1) is 11.6 Å². The summed E-state index contributed by atoms with van der Waals surface area (Å²) >= 11 is 6.04. The minimum atomic E-state index is 0.366. The van der Waals surface area contributed by atoms with Crippen molar-refractivity contribution in [3.8, 4) is 0 Å². The van der Waals surface area contributed by atoms with Crippen LogP contribution in [0.25, 0.3) is 0 Å². The standard InChI is InChI=1S/C10H19ClO/c1-2-3-4-5-10-8-9(11)6-7-12-10/h9-10H,2-8H2,1H3. The molecule has 0 saturated carbocycles. The molecule has 2 atom stereocenters. The SMILES string of the molecule is CCCCCC1CC(Cl)CCO1. The maximum atomic E-state index is 6.04. The Balaban J connectivity index is 2.06. The van der Waals surface area contributed by atoms with Gasteiger partial charge in [-0.2, -0.15) is 0 Å². The molecule has 1 saturated heterocycles. The summed E-state index contributed by atoms with van der Waals surface area (Å²) in [6.45, 7) is 3.09. The molecule has 1 rings (SSSR count). The predicted octanol–water partition coefficient (Wildman–Crippen LogP) is 3.35. The Labute approximate surface area is 80.4 Å². The van der Waals surface area contributed by atoms with Crippen LogP contribution >= 0.6 is 11.6 Å². The first-order valence-corrected chi connectivity index (χ1v) is 5.52. The zero-order chi connectivity index (χ0) is 8.81. The number of hydrogen-bond acceptors (Lipinski definition) is 1. The van der Waals surface area contributed by atoms with Crippen molar-refractivity contribution in [2.75, 3.05) is 6.61 Å². The molecule has 2 unspecified atom stereocenters. The van der Waals surface area contributed by atoms with E-state index in [1.54, 1.807) is 0 Å². The van der Waals surface area contributed by atoms with Crippen LogP contribution in [0, 0.1) is 0 Å². The maximum Gasteiger partial charge on any atom is 0.0589 e. The lowest BCUT2D eigenvalue weighted by molar-refractivity contribution is 0.0117. The molecule has 0 spiro atoms.